The number of carbonyl (C=O) groups is 2. The first-order chi connectivity index (χ1) is 14.1. The van der Waals surface area contributed by atoms with E-state index in [9.17, 15) is 19.8 Å². The minimum absolute atomic E-state index is 0.00741. The lowest BCUT2D eigenvalue weighted by Gasteiger charge is -2.22. The summed E-state index contributed by atoms with van der Waals surface area (Å²) in [7, 11) is 0. The Bertz CT molecular complexity index is 940. The van der Waals surface area contributed by atoms with Crippen molar-refractivity contribution in [3.8, 4) is 11.5 Å². The zero-order valence-electron chi connectivity index (χ0n) is 17.0. The summed E-state index contributed by atoms with van der Waals surface area (Å²) in [5, 5.41) is 21.0. The molecule has 0 aromatic heterocycles. The van der Waals surface area contributed by atoms with E-state index < -0.39 is 17.4 Å². The molecule has 9 heteroatoms. The summed E-state index contributed by atoms with van der Waals surface area (Å²) in [5.41, 5.74) is -0.0110. The molecule has 7 nitrogen and oxygen atoms in total. The third-order valence-corrected chi connectivity index (χ3v) is 6.67. The van der Waals surface area contributed by atoms with Crippen LogP contribution in [0.1, 0.15) is 39.2 Å². The molecule has 1 aliphatic rings. The third-order valence-electron chi connectivity index (χ3n) is 4.07. The van der Waals surface area contributed by atoms with Gasteiger partial charge in [-0.3, -0.25) is 4.79 Å². The van der Waals surface area contributed by atoms with E-state index in [-0.39, 0.29) is 30.4 Å². The maximum atomic E-state index is 12.4. The summed E-state index contributed by atoms with van der Waals surface area (Å²) in [6.07, 6.45) is 2.04. The standard InChI is InChI=1S/C21H23NO6S2/c1-6-14(24)27-9-7-8-10-28-19(26)15(22-5)20-29-17-13(23)11-12(21(2,3)4)16(25)18(17)30-20/h6,11,23,25H,1,7-10H2,2-4H3/b20-15-. The molecule has 0 radical (unpaired) electrons. The van der Waals surface area contributed by atoms with Gasteiger partial charge in [0.15, 0.2) is 0 Å². The fourth-order valence-corrected chi connectivity index (χ4v) is 5.02. The smallest absolute Gasteiger partial charge is 0.338 e. The van der Waals surface area contributed by atoms with Gasteiger partial charge in [0.2, 0.25) is 0 Å². The molecule has 0 unspecified atom stereocenters. The fraction of sp³-hybridized carbons (Fsp3) is 0.381. The van der Waals surface area contributed by atoms with Gasteiger partial charge in [-0.1, -0.05) is 50.9 Å². The first kappa shape index (κ1) is 23.7. The van der Waals surface area contributed by atoms with E-state index in [1.807, 2.05) is 20.8 Å². The van der Waals surface area contributed by atoms with Crippen LogP contribution < -0.4 is 0 Å². The average Bonchev–Trinajstić information content (AvgIpc) is 3.12. The van der Waals surface area contributed by atoms with Crippen LogP contribution in [0.25, 0.3) is 4.85 Å². The van der Waals surface area contributed by atoms with Crippen molar-refractivity contribution in [1.29, 1.82) is 0 Å². The van der Waals surface area contributed by atoms with Crippen LogP contribution in [0.15, 0.2) is 38.4 Å². The second-order valence-corrected chi connectivity index (χ2v) is 9.67. The number of thioether (sulfide) groups is 2. The van der Waals surface area contributed by atoms with Crippen LogP contribution in [0.4, 0.5) is 0 Å². The molecule has 1 aliphatic heterocycles. The van der Waals surface area contributed by atoms with Crippen molar-refractivity contribution in [1.82, 2.24) is 0 Å². The van der Waals surface area contributed by atoms with Crippen molar-refractivity contribution in [3.05, 3.63) is 45.6 Å². The van der Waals surface area contributed by atoms with Crippen molar-refractivity contribution < 1.29 is 29.3 Å². The third kappa shape index (κ3) is 5.52. The number of unbranched alkanes of at least 4 members (excludes halogenated alkanes) is 1. The summed E-state index contributed by atoms with van der Waals surface area (Å²) in [4.78, 5) is 27.4. The number of aromatic hydroxyl groups is 2. The molecular formula is C21H23NO6S2. The summed E-state index contributed by atoms with van der Waals surface area (Å²) >= 11 is 2.13. The molecule has 0 saturated heterocycles. The minimum Gasteiger partial charge on any atom is -0.507 e. The normalized spacial score (nSPS) is 14.5. The molecule has 0 bridgehead atoms. The SMILES string of the molecule is [C-]#[N+]/C(C(=O)OCCCCOC(=O)C=C)=C1/Sc2c(O)cc(C(C)(C)C)c(O)c2S1. The number of carbonyl (C=O) groups excluding carboxylic acids is 2. The van der Waals surface area contributed by atoms with Crippen molar-refractivity contribution in [2.24, 2.45) is 0 Å². The Morgan fingerprint density at radius 2 is 1.77 bits per heavy atom. The van der Waals surface area contributed by atoms with Crippen molar-refractivity contribution in [3.63, 3.8) is 0 Å². The Hall–Kier alpha value is -2.57. The van der Waals surface area contributed by atoms with Crippen LogP contribution in [-0.4, -0.2) is 35.4 Å². The number of phenols is 2. The zero-order chi connectivity index (χ0) is 22.5. The van der Waals surface area contributed by atoms with Gasteiger partial charge in [-0.15, -0.1) is 0 Å². The monoisotopic (exact) mass is 449 g/mol. The van der Waals surface area contributed by atoms with Gasteiger partial charge in [0.05, 0.1) is 33.8 Å². The molecule has 0 fully saturated rings. The van der Waals surface area contributed by atoms with E-state index >= 15 is 0 Å². The molecule has 0 spiro atoms. The highest BCUT2D eigenvalue weighted by molar-refractivity contribution is 8.24. The number of fused-ring (bicyclic) bond motifs is 1. The second-order valence-electron chi connectivity index (χ2n) is 7.37. The second kappa shape index (κ2) is 9.96. The molecule has 0 aliphatic carbocycles. The first-order valence-corrected chi connectivity index (χ1v) is 10.8. The predicted octanol–water partition coefficient (Wildman–Crippen LogP) is 4.73. The Balaban J connectivity index is 2.07. The Kier molecular flexibility index (Phi) is 7.87. The first-order valence-electron chi connectivity index (χ1n) is 9.13. The Labute approximate surface area is 184 Å². The summed E-state index contributed by atoms with van der Waals surface area (Å²) in [6.45, 7) is 16.7. The molecule has 1 aromatic carbocycles. The topological polar surface area (TPSA) is 97.4 Å². The van der Waals surface area contributed by atoms with Gasteiger partial charge in [-0.2, -0.15) is 0 Å². The van der Waals surface area contributed by atoms with Gasteiger partial charge in [-0.05, 0) is 24.3 Å². The molecule has 160 valence electrons. The molecule has 2 rings (SSSR count). The quantitative estimate of drug-likeness (QED) is 0.203. The van der Waals surface area contributed by atoms with Crippen LogP contribution in [-0.2, 0) is 24.5 Å². The highest BCUT2D eigenvalue weighted by Crippen LogP contribution is 2.60. The number of rotatable bonds is 7. The minimum atomic E-state index is -0.772. The number of phenolic OH excluding ortho intramolecular Hbond substituents is 2. The van der Waals surface area contributed by atoms with E-state index in [1.165, 1.54) is 6.07 Å². The number of esters is 2. The van der Waals surface area contributed by atoms with Gasteiger partial charge >= 0.3 is 11.9 Å². The average molecular weight is 450 g/mol. The van der Waals surface area contributed by atoms with E-state index in [1.54, 1.807) is 0 Å². The van der Waals surface area contributed by atoms with Gasteiger partial charge in [0.1, 0.15) is 11.5 Å². The number of benzene rings is 1. The van der Waals surface area contributed by atoms with Crippen molar-refractivity contribution in [2.75, 3.05) is 13.2 Å². The number of ether oxygens (including phenoxy) is 2. The van der Waals surface area contributed by atoms with Crippen LogP contribution in [0.3, 0.4) is 0 Å². The molecule has 0 saturated carbocycles. The van der Waals surface area contributed by atoms with E-state index in [0.29, 0.717) is 32.4 Å². The van der Waals surface area contributed by atoms with Crippen molar-refractivity contribution in [2.45, 2.75) is 48.8 Å². The molecule has 1 heterocycles. The number of hydrogen-bond acceptors (Lipinski definition) is 8. The predicted molar refractivity (Wildman–Crippen MR) is 115 cm³/mol. The van der Waals surface area contributed by atoms with Gasteiger partial charge in [0, 0.05) is 11.6 Å². The highest BCUT2D eigenvalue weighted by atomic mass is 32.2. The van der Waals surface area contributed by atoms with Gasteiger partial charge < -0.3 is 19.7 Å². The lowest BCUT2D eigenvalue weighted by Crippen LogP contribution is -2.11. The maximum absolute atomic E-state index is 12.4. The van der Waals surface area contributed by atoms with Crippen LogP contribution in [0, 0.1) is 6.57 Å². The zero-order valence-corrected chi connectivity index (χ0v) is 18.6. The maximum Gasteiger partial charge on any atom is 0.338 e. The largest absolute Gasteiger partial charge is 0.507 e. The number of nitrogens with zero attached hydrogens (tertiary/aromatic N) is 1. The van der Waals surface area contributed by atoms with Crippen molar-refractivity contribution >= 4 is 35.5 Å². The molecule has 0 amide bonds. The lowest BCUT2D eigenvalue weighted by atomic mass is 9.86. The number of hydrogen-bond donors (Lipinski definition) is 2. The lowest BCUT2D eigenvalue weighted by molar-refractivity contribution is -0.140. The summed E-state index contributed by atoms with van der Waals surface area (Å²) in [6, 6.07) is 1.51. The van der Waals surface area contributed by atoms with Gasteiger partial charge in [-0.25, -0.2) is 9.64 Å². The van der Waals surface area contributed by atoms with E-state index in [4.69, 9.17) is 16.0 Å². The molecule has 0 atom stereocenters. The van der Waals surface area contributed by atoms with Crippen LogP contribution >= 0.6 is 23.5 Å². The van der Waals surface area contributed by atoms with Crippen LogP contribution in [0.5, 0.6) is 11.5 Å². The Morgan fingerprint density at radius 3 is 2.33 bits per heavy atom. The molecular weight excluding hydrogens is 426 g/mol. The molecule has 1 aromatic rings. The fourth-order valence-electron chi connectivity index (χ4n) is 2.53. The van der Waals surface area contributed by atoms with Gasteiger partial charge in [0.25, 0.3) is 5.70 Å². The Morgan fingerprint density at radius 1 is 1.17 bits per heavy atom. The van der Waals surface area contributed by atoms with Crippen LogP contribution in [0.2, 0.25) is 0 Å². The van der Waals surface area contributed by atoms with E-state index in [0.717, 1.165) is 29.6 Å². The molecule has 30 heavy (non-hydrogen) atoms. The molecule has 2 N–H and O–H groups in total. The summed E-state index contributed by atoms with van der Waals surface area (Å²) < 4.78 is 10.3. The summed E-state index contributed by atoms with van der Waals surface area (Å²) in [5.74, 6) is -1.25. The highest BCUT2D eigenvalue weighted by Gasteiger charge is 2.33. The van der Waals surface area contributed by atoms with E-state index in [2.05, 4.69) is 11.4 Å².